The fourth-order valence-corrected chi connectivity index (χ4v) is 1.97. The highest BCUT2D eigenvalue weighted by Crippen LogP contribution is 2.41. The number of benzene rings is 1. The number of hydrogen-bond donors (Lipinski definition) is 0. The van der Waals surface area contributed by atoms with Crippen LogP contribution < -0.4 is 0 Å². The van der Waals surface area contributed by atoms with Gasteiger partial charge in [0, 0.05) is 10.3 Å². The minimum atomic E-state index is 0.282. The molecule has 4 heteroatoms. The second-order valence-electron chi connectivity index (χ2n) is 4.17. The predicted molar refractivity (Wildman–Crippen MR) is 61.0 cm³/mol. The maximum atomic E-state index is 8.24. The summed E-state index contributed by atoms with van der Waals surface area (Å²) in [4.78, 5) is 2.72. The first kappa shape index (κ1) is 9.31. The highest BCUT2D eigenvalue weighted by Gasteiger charge is 2.23. The van der Waals surface area contributed by atoms with Gasteiger partial charge in [-0.05, 0) is 48.1 Å². The largest absolute Gasteiger partial charge is 0.461 e. The zero-order valence-electron chi connectivity index (χ0n) is 8.76. The lowest BCUT2D eigenvalue weighted by Gasteiger charge is -1.95. The zero-order chi connectivity index (χ0) is 11.0. The summed E-state index contributed by atoms with van der Waals surface area (Å²) in [6.45, 7) is 0.282. The number of rotatable bonds is 3. The Bertz CT molecular complexity index is 577. The molecule has 0 radical (unpaired) electrons. The molecule has 80 valence electrons. The molecule has 0 bridgehead atoms. The average Bonchev–Trinajstić information content (AvgIpc) is 3.06. The molecule has 1 aromatic carbocycles. The van der Waals surface area contributed by atoms with Gasteiger partial charge in [-0.15, -0.1) is 0 Å². The Labute approximate surface area is 92.5 Å². The maximum Gasteiger partial charge on any atom is 0.134 e. The van der Waals surface area contributed by atoms with Gasteiger partial charge in [-0.1, -0.05) is 11.2 Å². The molecule has 0 N–H and O–H groups in total. The maximum absolute atomic E-state index is 8.24. The Hall–Kier alpha value is -1.93. The first-order chi connectivity index (χ1) is 7.86. The summed E-state index contributed by atoms with van der Waals surface area (Å²) < 4.78 is 5.56. The Morgan fingerprint density at radius 2 is 2.25 bits per heavy atom. The Morgan fingerprint density at radius 1 is 1.38 bits per heavy atom. The van der Waals surface area contributed by atoms with E-state index in [1.165, 1.54) is 18.4 Å². The standard InChI is InChI=1S/C12H11N3O/c13-15-14-7-11-6-10-5-9(8-1-2-8)3-4-12(10)16-11/h3-6,8H,1-2,7H2. The number of fused-ring (bicyclic) bond motifs is 1. The van der Waals surface area contributed by atoms with Crippen molar-refractivity contribution in [1.29, 1.82) is 0 Å². The summed E-state index contributed by atoms with van der Waals surface area (Å²) in [6.07, 6.45) is 2.60. The molecule has 0 aliphatic heterocycles. The minimum Gasteiger partial charge on any atom is -0.461 e. The van der Waals surface area contributed by atoms with Crippen LogP contribution in [0.5, 0.6) is 0 Å². The molecule has 2 aromatic rings. The normalized spacial score (nSPS) is 15.0. The quantitative estimate of drug-likeness (QED) is 0.429. The molecule has 0 amide bonds. The van der Waals surface area contributed by atoms with Crippen molar-refractivity contribution < 1.29 is 4.42 Å². The summed E-state index contributed by atoms with van der Waals surface area (Å²) in [7, 11) is 0. The van der Waals surface area contributed by atoms with E-state index >= 15 is 0 Å². The van der Waals surface area contributed by atoms with Gasteiger partial charge < -0.3 is 4.42 Å². The number of nitrogens with zero attached hydrogens (tertiary/aromatic N) is 3. The molecular weight excluding hydrogens is 202 g/mol. The summed E-state index contributed by atoms with van der Waals surface area (Å²) in [6, 6.07) is 8.26. The molecule has 16 heavy (non-hydrogen) atoms. The molecule has 0 spiro atoms. The van der Waals surface area contributed by atoms with E-state index in [0.717, 1.165) is 22.6 Å². The molecular formula is C12H11N3O. The number of azide groups is 1. The van der Waals surface area contributed by atoms with E-state index in [0.29, 0.717) is 0 Å². The van der Waals surface area contributed by atoms with E-state index in [9.17, 15) is 0 Å². The monoisotopic (exact) mass is 213 g/mol. The van der Waals surface area contributed by atoms with Crippen LogP contribution in [-0.2, 0) is 6.54 Å². The van der Waals surface area contributed by atoms with Crippen LogP contribution in [0, 0.1) is 0 Å². The van der Waals surface area contributed by atoms with Gasteiger partial charge in [0.1, 0.15) is 11.3 Å². The van der Waals surface area contributed by atoms with E-state index in [-0.39, 0.29) is 6.54 Å². The van der Waals surface area contributed by atoms with Crippen LogP contribution in [-0.4, -0.2) is 0 Å². The highest BCUT2D eigenvalue weighted by atomic mass is 16.3. The van der Waals surface area contributed by atoms with E-state index in [1.807, 2.05) is 12.1 Å². The molecule has 1 aliphatic carbocycles. The van der Waals surface area contributed by atoms with Crippen molar-refractivity contribution >= 4 is 11.0 Å². The van der Waals surface area contributed by atoms with E-state index in [1.54, 1.807) is 0 Å². The third kappa shape index (κ3) is 1.64. The highest BCUT2D eigenvalue weighted by molar-refractivity contribution is 5.79. The third-order valence-corrected chi connectivity index (χ3v) is 2.93. The SMILES string of the molecule is [N-]=[N+]=NCc1cc2cc(C3CC3)ccc2o1. The topological polar surface area (TPSA) is 61.9 Å². The van der Waals surface area contributed by atoms with Gasteiger partial charge in [0.15, 0.2) is 0 Å². The van der Waals surface area contributed by atoms with E-state index < -0.39 is 0 Å². The lowest BCUT2D eigenvalue weighted by Crippen LogP contribution is -1.76. The molecule has 1 aromatic heterocycles. The summed E-state index contributed by atoms with van der Waals surface area (Å²) in [5, 5.41) is 4.60. The molecule has 1 heterocycles. The Balaban J connectivity index is 1.99. The molecule has 0 unspecified atom stereocenters. The number of hydrogen-bond acceptors (Lipinski definition) is 2. The van der Waals surface area contributed by atoms with Gasteiger partial charge in [-0.2, -0.15) is 0 Å². The van der Waals surface area contributed by atoms with Crippen molar-refractivity contribution in [1.82, 2.24) is 0 Å². The molecule has 0 atom stereocenters. The smallest absolute Gasteiger partial charge is 0.134 e. The van der Waals surface area contributed by atoms with Gasteiger partial charge in [0.05, 0.1) is 6.54 Å². The second-order valence-corrected chi connectivity index (χ2v) is 4.17. The zero-order valence-corrected chi connectivity index (χ0v) is 8.76. The van der Waals surface area contributed by atoms with Crippen LogP contribution in [0.25, 0.3) is 21.4 Å². The molecule has 3 rings (SSSR count). The first-order valence-electron chi connectivity index (χ1n) is 5.40. The lowest BCUT2D eigenvalue weighted by atomic mass is 10.1. The van der Waals surface area contributed by atoms with Crippen molar-refractivity contribution in [3.63, 3.8) is 0 Å². The molecule has 1 fully saturated rings. The van der Waals surface area contributed by atoms with Crippen molar-refractivity contribution in [2.75, 3.05) is 0 Å². The van der Waals surface area contributed by atoms with Crippen molar-refractivity contribution in [3.8, 4) is 0 Å². The summed E-state index contributed by atoms with van der Waals surface area (Å²) in [5.41, 5.74) is 10.5. The second kappa shape index (κ2) is 3.58. The molecule has 1 aliphatic rings. The van der Waals surface area contributed by atoms with Gasteiger partial charge in [-0.25, -0.2) is 0 Å². The van der Waals surface area contributed by atoms with E-state index in [2.05, 4.69) is 22.2 Å². The lowest BCUT2D eigenvalue weighted by molar-refractivity contribution is 0.552. The van der Waals surface area contributed by atoms with Gasteiger partial charge in [0.25, 0.3) is 0 Å². The summed E-state index contributed by atoms with van der Waals surface area (Å²) >= 11 is 0. The Morgan fingerprint density at radius 3 is 3.00 bits per heavy atom. The third-order valence-electron chi connectivity index (χ3n) is 2.93. The van der Waals surface area contributed by atoms with Gasteiger partial charge in [0.2, 0.25) is 0 Å². The van der Waals surface area contributed by atoms with Crippen LogP contribution in [0.15, 0.2) is 33.8 Å². The van der Waals surface area contributed by atoms with Crippen LogP contribution in [0.2, 0.25) is 0 Å². The molecule has 0 saturated heterocycles. The van der Waals surface area contributed by atoms with Crippen LogP contribution in [0.1, 0.15) is 30.1 Å². The van der Waals surface area contributed by atoms with Gasteiger partial charge in [-0.3, -0.25) is 0 Å². The summed E-state index contributed by atoms with van der Waals surface area (Å²) in [5.74, 6) is 1.47. The van der Waals surface area contributed by atoms with Crippen LogP contribution >= 0.6 is 0 Å². The van der Waals surface area contributed by atoms with Gasteiger partial charge >= 0.3 is 0 Å². The van der Waals surface area contributed by atoms with Crippen LogP contribution in [0.3, 0.4) is 0 Å². The fourth-order valence-electron chi connectivity index (χ4n) is 1.97. The van der Waals surface area contributed by atoms with E-state index in [4.69, 9.17) is 9.95 Å². The van der Waals surface area contributed by atoms with Crippen molar-refractivity contribution in [2.24, 2.45) is 5.11 Å². The predicted octanol–water partition coefficient (Wildman–Crippen LogP) is 4.12. The first-order valence-corrected chi connectivity index (χ1v) is 5.40. The minimum absolute atomic E-state index is 0.282. The fraction of sp³-hybridized carbons (Fsp3) is 0.333. The number of furan rings is 1. The molecule has 4 nitrogen and oxygen atoms in total. The Kier molecular flexibility index (Phi) is 2.08. The molecule has 1 saturated carbocycles. The van der Waals surface area contributed by atoms with Crippen molar-refractivity contribution in [3.05, 3.63) is 46.0 Å². The average molecular weight is 213 g/mol. The van der Waals surface area contributed by atoms with Crippen molar-refractivity contribution in [2.45, 2.75) is 25.3 Å². The van der Waals surface area contributed by atoms with Crippen LogP contribution in [0.4, 0.5) is 0 Å².